The Labute approximate surface area is 164 Å². The van der Waals surface area contributed by atoms with Gasteiger partial charge in [-0.2, -0.15) is 0 Å². The summed E-state index contributed by atoms with van der Waals surface area (Å²) in [6, 6.07) is 5.12. The minimum Gasteiger partial charge on any atom is -0.467 e. The average Bonchev–Trinajstić information content (AvgIpc) is 2.84. The molecule has 152 valence electrons. The molecule has 1 fully saturated rings. The Hall–Kier alpha value is -2.90. The van der Waals surface area contributed by atoms with E-state index in [2.05, 4.69) is 5.32 Å². The summed E-state index contributed by atoms with van der Waals surface area (Å²) >= 11 is 0. The van der Waals surface area contributed by atoms with Gasteiger partial charge in [-0.1, -0.05) is 31.5 Å². The number of ether oxygens (including phenoxy) is 1. The van der Waals surface area contributed by atoms with Crippen molar-refractivity contribution in [3.05, 3.63) is 29.8 Å². The van der Waals surface area contributed by atoms with Crippen LogP contribution in [0.3, 0.4) is 0 Å². The summed E-state index contributed by atoms with van der Waals surface area (Å²) < 4.78 is 4.72. The van der Waals surface area contributed by atoms with E-state index in [0.29, 0.717) is 12.1 Å². The first-order chi connectivity index (χ1) is 13.1. The van der Waals surface area contributed by atoms with E-state index >= 15 is 0 Å². The first-order valence-corrected chi connectivity index (χ1v) is 9.24. The molecular formula is C20H27N3O5. The molecule has 0 aromatic heterocycles. The molecule has 4 amide bonds. The lowest BCUT2D eigenvalue weighted by Crippen LogP contribution is -2.48. The SMILES string of the molecule is COC(=O)[C@H](CC(C)C)NC(=O)CN1C(=O)[C@@H](C)N(c2ccc(C)cc2)C1=O. The number of nitrogens with zero attached hydrogens (tertiary/aromatic N) is 2. The Kier molecular flexibility index (Phi) is 6.77. The number of aryl methyl sites for hydroxylation is 1. The van der Waals surface area contributed by atoms with Crippen LogP contribution in [0.1, 0.15) is 32.8 Å². The van der Waals surface area contributed by atoms with Gasteiger partial charge in [0.1, 0.15) is 18.6 Å². The number of amides is 4. The number of methoxy groups -OCH3 is 1. The molecule has 2 atom stereocenters. The van der Waals surface area contributed by atoms with Crippen molar-refractivity contribution in [2.24, 2.45) is 5.92 Å². The normalized spacial score (nSPS) is 17.9. The number of esters is 1. The predicted molar refractivity (Wildman–Crippen MR) is 104 cm³/mol. The molecule has 28 heavy (non-hydrogen) atoms. The second-order valence-corrected chi connectivity index (χ2v) is 7.36. The van der Waals surface area contributed by atoms with Gasteiger partial charge < -0.3 is 10.1 Å². The zero-order chi connectivity index (χ0) is 21.0. The molecule has 0 spiro atoms. The first-order valence-electron chi connectivity index (χ1n) is 9.24. The van der Waals surface area contributed by atoms with Crippen LogP contribution in [-0.4, -0.2) is 54.5 Å². The molecule has 0 bridgehead atoms. The van der Waals surface area contributed by atoms with E-state index in [0.717, 1.165) is 10.5 Å². The van der Waals surface area contributed by atoms with Gasteiger partial charge in [-0.25, -0.2) is 9.59 Å². The van der Waals surface area contributed by atoms with E-state index in [4.69, 9.17) is 4.74 Å². The summed E-state index contributed by atoms with van der Waals surface area (Å²) in [5, 5.41) is 2.57. The number of hydrogen-bond acceptors (Lipinski definition) is 5. The van der Waals surface area contributed by atoms with Crippen molar-refractivity contribution in [3.63, 3.8) is 0 Å². The number of benzene rings is 1. The molecule has 1 N–H and O–H groups in total. The van der Waals surface area contributed by atoms with E-state index in [1.807, 2.05) is 32.9 Å². The molecule has 1 aromatic rings. The van der Waals surface area contributed by atoms with Gasteiger partial charge in [0.25, 0.3) is 5.91 Å². The van der Waals surface area contributed by atoms with E-state index in [1.165, 1.54) is 12.0 Å². The fraction of sp³-hybridized carbons (Fsp3) is 0.500. The number of anilines is 1. The summed E-state index contributed by atoms with van der Waals surface area (Å²) in [5.41, 5.74) is 1.62. The van der Waals surface area contributed by atoms with Gasteiger partial charge in [0, 0.05) is 5.69 Å². The largest absolute Gasteiger partial charge is 0.467 e. The van der Waals surface area contributed by atoms with Crippen molar-refractivity contribution in [1.29, 1.82) is 0 Å². The van der Waals surface area contributed by atoms with Crippen LogP contribution in [0.2, 0.25) is 0 Å². The number of imide groups is 1. The van der Waals surface area contributed by atoms with Gasteiger partial charge in [0.2, 0.25) is 5.91 Å². The second kappa shape index (κ2) is 8.86. The summed E-state index contributed by atoms with van der Waals surface area (Å²) in [4.78, 5) is 51.9. The highest BCUT2D eigenvalue weighted by Gasteiger charge is 2.44. The lowest BCUT2D eigenvalue weighted by atomic mass is 10.0. The minimum atomic E-state index is -0.823. The molecule has 1 aromatic carbocycles. The molecule has 2 rings (SSSR count). The first kappa shape index (κ1) is 21.4. The second-order valence-electron chi connectivity index (χ2n) is 7.36. The summed E-state index contributed by atoms with van der Waals surface area (Å²) in [6.45, 7) is 6.92. The van der Waals surface area contributed by atoms with Crippen molar-refractivity contribution >= 4 is 29.5 Å². The van der Waals surface area contributed by atoms with Crippen molar-refractivity contribution in [3.8, 4) is 0 Å². The van der Waals surface area contributed by atoms with E-state index < -0.39 is 42.4 Å². The number of nitrogens with one attached hydrogen (secondary N) is 1. The van der Waals surface area contributed by atoms with Crippen LogP contribution in [0.5, 0.6) is 0 Å². The van der Waals surface area contributed by atoms with Crippen LogP contribution in [0.25, 0.3) is 0 Å². The van der Waals surface area contributed by atoms with Gasteiger partial charge in [0.05, 0.1) is 7.11 Å². The standard InChI is InChI=1S/C20H27N3O5/c1-12(2)10-16(19(26)28-5)21-17(24)11-22-18(25)14(4)23(20(22)27)15-8-6-13(3)7-9-15/h6-9,12,14,16H,10-11H2,1-5H3,(H,21,24)/t14-,16+/m1/s1. The van der Waals surface area contributed by atoms with Crippen molar-refractivity contribution < 1.29 is 23.9 Å². The van der Waals surface area contributed by atoms with E-state index in [1.54, 1.807) is 19.1 Å². The Morgan fingerprint density at radius 3 is 2.32 bits per heavy atom. The van der Waals surface area contributed by atoms with Gasteiger partial charge >= 0.3 is 12.0 Å². The molecule has 0 radical (unpaired) electrons. The number of urea groups is 1. The number of rotatable bonds is 7. The van der Waals surface area contributed by atoms with Crippen LogP contribution in [0.15, 0.2) is 24.3 Å². The third kappa shape index (κ3) is 4.68. The maximum absolute atomic E-state index is 12.8. The summed E-state index contributed by atoms with van der Waals surface area (Å²) in [6.07, 6.45) is 0.395. The lowest BCUT2D eigenvalue weighted by molar-refractivity contribution is -0.145. The molecule has 8 nitrogen and oxygen atoms in total. The van der Waals surface area contributed by atoms with Crippen LogP contribution in [0.4, 0.5) is 10.5 Å². The topological polar surface area (TPSA) is 96.0 Å². The minimum absolute atomic E-state index is 0.150. The van der Waals surface area contributed by atoms with Crippen molar-refractivity contribution in [2.75, 3.05) is 18.6 Å². The molecule has 0 aliphatic carbocycles. The zero-order valence-corrected chi connectivity index (χ0v) is 16.9. The maximum atomic E-state index is 12.8. The third-order valence-corrected chi connectivity index (χ3v) is 4.59. The smallest absolute Gasteiger partial charge is 0.332 e. The maximum Gasteiger partial charge on any atom is 0.332 e. The fourth-order valence-electron chi connectivity index (χ4n) is 3.12. The van der Waals surface area contributed by atoms with Crippen LogP contribution >= 0.6 is 0 Å². The monoisotopic (exact) mass is 389 g/mol. The quantitative estimate of drug-likeness (QED) is 0.567. The molecule has 1 aliphatic heterocycles. The molecule has 1 aliphatic rings. The average molecular weight is 389 g/mol. The van der Waals surface area contributed by atoms with Crippen LogP contribution < -0.4 is 10.2 Å². The molecule has 8 heteroatoms. The predicted octanol–water partition coefficient (Wildman–Crippen LogP) is 1.86. The van der Waals surface area contributed by atoms with E-state index in [-0.39, 0.29) is 5.92 Å². The molecule has 1 saturated heterocycles. The number of hydrogen-bond donors (Lipinski definition) is 1. The van der Waals surface area contributed by atoms with Crippen LogP contribution in [-0.2, 0) is 19.1 Å². The highest BCUT2D eigenvalue weighted by atomic mass is 16.5. The number of carbonyl (C=O) groups is 4. The lowest BCUT2D eigenvalue weighted by Gasteiger charge is -2.21. The highest BCUT2D eigenvalue weighted by Crippen LogP contribution is 2.25. The van der Waals surface area contributed by atoms with Crippen molar-refractivity contribution in [2.45, 2.75) is 46.2 Å². The molecule has 1 heterocycles. The Balaban J connectivity index is 2.11. The number of carbonyl (C=O) groups excluding carboxylic acids is 4. The molecule has 0 unspecified atom stereocenters. The zero-order valence-electron chi connectivity index (χ0n) is 16.9. The molecule has 0 saturated carbocycles. The summed E-state index contributed by atoms with van der Waals surface area (Å²) in [7, 11) is 1.25. The summed E-state index contributed by atoms with van der Waals surface area (Å²) in [5.74, 6) is -1.46. The van der Waals surface area contributed by atoms with Crippen molar-refractivity contribution in [1.82, 2.24) is 10.2 Å². The Bertz CT molecular complexity index is 760. The third-order valence-electron chi connectivity index (χ3n) is 4.59. The molecular weight excluding hydrogens is 362 g/mol. The highest BCUT2D eigenvalue weighted by molar-refractivity contribution is 6.15. The fourth-order valence-corrected chi connectivity index (χ4v) is 3.12. The van der Waals surface area contributed by atoms with Gasteiger partial charge in [-0.15, -0.1) is 0 Å². The Morgan fingerprint density at radius 2 is 1.79 bits per heavy atom. The van der Waals surface area contributed by atoms with Gasteiger partial charge in [-0.3, -0.25) is 19.4 Å². The van der Waals surface area contributed by atoms with Crippen LogP contribution in [0, 0.1) is 12.8 Å². The van der Waals surface area contributed by atoms with E-state index in [9.17, 15) is 19.2 Å². The van der Waals surface area contributed by atoms with Gasteiger partial charge in [-0.05, 0) is 38.3 Å². The Morgan fingerprint density at radius 1 is 1.18 bits per heavy atom. The van der Waals surface area contributed by atoms with Gasteiger partial charge in [0.15, 0.2) is 0 Å².